The quantitative estimate of drug-likeness (QED) is 0.376. The van der Waals surface area contributed by atoms with Gasteiger partial charge in [0.15, 0.2) is 0 Å². The molecule has 5 nitrogen and oxygen atoms in total. The van der Waals surface area contributed by atoms with Crippen molar-refractivity contribution in [2.45, 2.75) is 71.3 Å². The molecule has 0 saturated heterocycles. The van der Waals surface area contributed by atoms with E-state index in [4.69, 9.17) is 4.74 Å². The van der Waals surface area contributed by atoms with Gasteiger partial charge in [-0.3, -0.25) is 4.79 Å². The molecule has 0 saturated carbocycles. The topological polar surface area (TPSA) is 67.4 Å². The van der Waals surface area contributed by atoms with Crippen LogP contribution < -0.4 is 10.6 Å². The summed E-state index contributed by atoms with van der Waals surface area (Å²) < 4.78 is 4.91. The number of hydrogen-bond donors (Lipinski definition) is 2. The molecule has 0 aromatic heterocycles. The fourth-order valence-electron chi connectivity index (χ4n) is 2.73. The van der Waals surface area contributed by atoms with Crippen LogP contribution in [0.3, 0.4) is 0 Å². The zero-order valence-electron chi connectivity index (χ0n) is 16.1. The predicted molar refractivity (Wildman–Crippen MR) is 105 cm³/mol. The minimum Gasteiger partial charge on any atom is -0.466 e. The van der Waals surface area contributed by atoms with Crippen molar-refractivity contribution in [2.75, 3.05) is 13.2 Å². The highest BCUT2D eigenvalue weighted by Gasteiger charge is 2.01. The lowest BCUT2D eigenvalue weighted by molar-refractivity contribution is -0.143. The number of carbonyl (C=O) groups excluding carboxylic acids is 2. The lowest BCUT2D eigenvalue weighted by atomic mass is 10.1. The van der Waals surface area contributed by atoms with Crippen molar-refractivity contribution in [3.05, 3.63) is 35.9 Å². The van der Waals surface area contributed by atoms with Crippen LogP contribution in [0, 0.1) is 0 Å². The molecule has 0 aliphatic heterocycles. The summed E-state index contributed by atoms with van der Waals surface area (Å²) in [5, 5.41) is 5.76. The van der Waals surface area contributed by atoms with Crippen molar-refractivity contribution in [3.8, 4) is 0 Å². The van der Waals surface area contributed by atoms with Crippen LogP contribution >= 0.6 is 0 Å². The first-order valence-corrected chi connectivity index (χ1v) is 9.93. The molecular formula is C21H34N2O3. The molecule has 5 heteroatoms. The Bertz CT molecular complexity index is 491. The van der Waals surface area contributed by atoms with E-state index in [1.54, 1.807) is 0 Å². The molecule has 1 rings (SSSR count). The third kappa shape index (κ3) is 12.3. The monoisotopic (exact) mass is 362 g/mol. The number of urea groups is 1. The molecule has 146 valence electrons. The fourth-order valence-corrected chi connectivity index (χ4v) is 2.73. The Morgan fingerprint density at radius 1 is 0.846 bits per heavy atom. The summed E-state index contributed by atoms with van der Waals surface area (Å²) in [4.78, 5) is 22.9. The van der Waals surface area contributed by atoms with Gasteiger partial charge >= 0.3 is 12.0 Å². The SMILES string of the molecule is CCOC(=O)CCCCCCCCCCNC(=O)NCc1ccccc1. The lowest BCUT2D eigenvalue weighted by Crippen LogP contribution is -2.35. The molecule has 0 radical (unpaired) electrons. The van der Waals surface area contributed by atoms with Gasteiger partial charge in [-0.05, 0) is 25.3 Å². The molecule has 0 atom stereocenters. The maximum absolute atomic E-state index is 11.7. The first kappa shape index (κ1) is 22.0. The van der Waals surface area contributed by atoms with Crippen LogP contribution in [-0.2, 0) is 16.1 Å². The number of unbranched alkanes of at least 4 members (excludes halogenated alkanes) is 7. The van der Waals surface area contributed by atoms with Crippen LogP contribution in [0.2, 0.25) is 0 Å². The van der Waals surface area contributed by atoms with E-state index in [-0.39, 0.29) is 12.0 Å². The number of esters is 1. The lowest BCUT2D eigenvalue weighted by Gasteiger charge is -2.07. The molecule has 0 spiro atoms. The number of hydrogen-bond acceptors (Lipinski definition) is 3. The Hall–Kier alpha value is -2.04. The molecule has 2 N–H and O–H groups in total. The van der Waals surface area contributed by atoms with E-state index in [2.05, 4.69) is 10.6 Å². The minimum absolute atomic E-state index is 0.0761. The number of benzene rings is 1. The molecule has 1 aromatic rings. The standard InChI is InChI=1S/C21H34N2O3/c1-2-26-20(24)16-12-7-5-3-4-6-8-13-17-22-21(25)23-18-19-14-10-9-11-15-19/h9-11,14-15H,2-8,12-13,16-18H2,1H3,(H2,22,23,25). The summed E-state index contributed by atoms with van der Waals surface area (Å²) in [7, 11) is 0. The maximum atomic E-state index is 11.7. The number of nitrogens with one attached hydrogen (secondary N) is 2. The van der Waals surface area contributed by atoms with Gasteiger partial charge in [-0.2, -0.15) is 0 Å². The molecule has 0 heterocycles. The Morgan fingerprint density at radius 3 is 2.12 bits per heavy atom. The van der Waals surface area contributed by atoms with Crippen LogP contribution in [0.5, 0.6) is 0 Å². The molecule has 1 aromatic carbocycles. The number of ether oxygens (including phenoxy) is 1. The zero-order chi connectivity index (χ0) is 18.9. The highest BCUT2D eigenvalue weighted by atomic mass is 16.5. The van der Waals surface area contributed by atoms with Gasteiger partial charge in [0.1, 0.15) is 0 Å². The first-order valence-electron chi connectivity index (χ1n) is 9.93. The van der Waals surface area contributed by atoms with E-state index in [9.17, 15) is 9.59 Å². The summed E-state index contributed by atoms with van der Waals surface area (Å²) >= 11 is 0. The summed E-state index contributed by atoms with van der Waals surface area (Å²) in [6, 6.07) is 9.79. The Labute approximate surface area is 157 Å². The van der Waals surface area contributed by atoms with Gasteiger partial charge in [-0.1, -0.05) is 68.9 Å². The van der Waals surface area contributed by atoms with Crippen LogP contribution in [0.4, 0.5) is 4.79 Å². The van der Waals surface area contributed by atoms with Crippen molar-refractivity contribution in [3.63, 3.8) is 0 Å². The second kappa shape index (κ2) is 15.2. The molecule has 0 unspecified atom stereocenters. The van der Waals surface area contributed by atoms with E-state index in [1.807, 2.05) is 37.3 Å². The fraction of sp³-hybridized carbons (Fsp3) is 0.619. The van der Waals surface area contributed by atoms with Crippen molar-refractivity contribution < 1.29 is 14.3 Å². The van der Waals surface area contributed by atoms with Gasteiger partial charge in [-0.15, -0.1) is 0 Å². The van der Waals surface area contributed by atoms with Crippen LogP contribution in [0.1, 0.15) is 70.3 Å². The highest BCUT2D eigenvalue weighted by Crippen LogP contribution is 2.10. The second-order valence-electron chi connectivity index (χ2n) is 6.48. The Balaban J connectivity index is 1.83. The van der Waals surface area contributed by atoms with Gasteiger partial charge in [0.2, 0.25) is 0 Å². The van der Waals surface area contributed by atoms with Gasteiger partial charge in [-0.25, -0.2) is 4.79 Å². The van der Waals surface area contributed by atoms with Gasteiger partial charge in [0.05, 0.1) is 6.61 Å². The molecular weight excluding hydrogens is 328 g/mol. The summed E-state index contributed by atoms with van der Waals surface area (Å²) in [5.74, 6) is -0.0761. The molecule has 26 heavy (non-hydrogen) atoms. The normalized spacial score (nSPS) is 10.3. The van der Waals surface area contributed by atoms with E-state index in [0.29, 0.717) is 19.6 Å². The Kier molecular flexibility index (Phi) is 12.9. The molecule has 0 bridgehead atoms. The summed E-state index contributed by atoms with van der Waals surface area (Å²) in [6.07, 6.45) is 9.55. The highest BCUT2D eigenvalue weighted by molar-refractivity contribution is 5.73. The number of carbonyl (C=O) groups is 2. The second-order valence-corrected chi connectivity index (χ2v) is 6.48. The van der Waals surface area contributed by atoms with Crippen LogP contribution in [0.15, 0.2) is 30.3 Å². The molecule has 0 aliphatic rings. The van der Waals surface area contributed by atoms with Crippen molar-refractivity contribution >= 4 is 12.0 Å². The van der Waals surface area contributed by atoms with E-state index >= 15 is 0 Å². The van der Waals surface area contributed by atoms with E-state index < -0.39 is 0 Å². The largest absolute Gasteiger partial charge is 0.466 e. The van der Waals surface area contributed by atoms with Gasteiger partial charge < -0.3 is 15.4 Å². The number of rotatable bonds is 14. The average Bonchev–Trinajstić information content (AvgIpc) is 2.65. The molecule has 0 aliphatic carbocycles. The van der Waals surface area contributed by atoms with Crippen molar-refractivity contribution in [2.24, 2.45) is 0 Å². The van der Waals surface area contributed by atoms with Gasteiger partial charge in [0.25, 0.3) is 0 Å². The molecule has 0 fully saturated rings. The summed E-state index contributed by atoms with van der Waals surface area (Å²) in [6.45, 7) is 3.59. The van der Waals surface area contributed by atoms with Crippen molar-refractivity contribution in [1.82, 2.24) is 10.6 Å². The predicted octanol–water partition coefficient (Wildman–Crippen LogP) is 4.56. The minimum atomic E-state index is -0.101. The summed E-state index contributed by atoms with van der Waals surface area (Å²) in [5.41, 5.74) is 1.10. The smallest absolute Gasteiger partial charge is 0.315 e. The maximum Gasteiger partial charge on any atom is 0.315 e. The van der Waals surface area contributed by atoms with E-state index in [1.165, 1.54) is 25.7 Å². The Morgan fingerprint density at radius 2 is 1.46 bits per heavy atom. The first-order chi connectivity index (χ1) is 12.7. The molecule has 2 amide bonds. The number of amides is 2. The van der Waals surface area contributed by atoms with Crippen molar-refractivity contribution in [1.29, 1.82) is 0 Å². The van der Waals surface area contributed by atoms with Crippen LogP contribution in [0.25, 0.3) is 0 Å². The zero-order valence-corrected chi connectivity index (χ0v) is 16.1. The average molecular weight is 363 g/mol. The third-order valence-corrected chi connectivity index (χ3v) is 4.19. The van der Waals surface area contributed by atoms with Crippen LogP contribution in [-0.4, -0.2) is 25.2 Å². The van der Waals surface area contributed by atoms with Gasteiger partial charge in [0, 0.05) is 19.5 Å². The van der Waals surface area contributed by atoms with E-state index in [0.717, 1.165) is 37.8 Å². The third-order valence-electron chi connectivity index (χ3n) is 4.19.